The standard InChI is InChI=1S/C22H32FN5O/c1-16(2)28(17(3)4)12-11-25-22(24-5)27-15-18-9-10-21(26-14-18)29-20-8-6-7-19(23)13-20/h6-10,13-14,16-17H,11-12,15H2,1-5H3,(H2,24,25,27). The van der Waals surface area contributed by atoms with Gasteiger partial charge in [0.2, 0.25) is 5.88 Å². The maximum atomic E-state index is 13.2. The minimum absolute atomic E-state index is 0.341. The minimum Gasteiger partial charge on any atom is -0.439 e. The Labute approximate surface area is 173 Å². The van der Waals surface area contributed by atoms with E-state index in [1.807, 2.05) is 6.07 Å². The van der Waals surface area contributed by atoms with Crippen LogP contribution in [-0.2, 0) is 6.54 Å². The van der Waals surface area contributed by atoms with Gasteiger partial charge in [0.05, 0.1) is 0 Å². The van der Waals surface area contributed by atoms with E-state index in [0.29, 0.717) is 30.3 Å². The Kier molecular flexibility index (Phi) is 8.86. The van der Waals surface area contributed by atoms with Crippen LogP contribution in [0, 0.1) is 5.82 Å². The van der Waals surface area contributed by atoms with E-state index in [1.54, 1.807) is 31.4 Å². The van der Waals surface area contributed by atoms with Crippen molar-refractivity contribution in [3.63, 3.8) is 0 Å². The lowest BCUT2D eigenvalue weighted by Gasteiger charge is -2.30. The van der Waals surface area contributed by atoms with Gasteiger partial charge in [0.1, 0.15) is 11.6 Å². The van der Waals surface area contributed by atoms with Crippen molar-refractivity contribution in [2.45, 2.75) is 46.3 Å². The van der Waals surface area contributed by atoms with Crippen molar-refractivity contribution >= 4 is 5.96 Å². The molecule has 1 aromatic heterocycles. The first-order valence-electron chi connectivity index (χ1n) is 9.97. The molecule has 2 N–H and O–H groups in total. The van der Waals surface area contributed by atoms with Crippen molar-refractivity contribution < 1.29 is 9.13 Å². The molecule has 0 atom stereocenters. The van der Waals surface area contributed by atoms with E-state index < -0.39 is 0 Å². The fourth-order valence-electron chi connectivity index (χ4n) is 3.05. The highest BCUT2D eigenvalue weighted by Gasteiger charge is 2.12. The smallest absolute Gasteiger partial charge is 0.219 e. The van der Waals surface area contributed by atoms with Crippen molar-refractivity contribution in [3.8, 4) is 11.6 Å². The second-order valence-electron chi connectivity index (χ2n) is 7.34. The molecule has 0 spiro atoms. The summed E-state index contributed by atoms with van der Waals surface area (Å²) in [7, 11) is 1.76. The number of pyridine rings is 1. The van der Waals surface area contributed by atoms with Gasteiger partial charge in [-0.25, -0.2) is 9.37 Å². The number of benzene rings is 1. The Bertz CT molecular complexity index is 769. The normalized spacial score (nSPS) is 12.0. The van der Waals surface area contributed by atoms with E-state index in [9.17, 15) is 4.39 Å². The van der Waals surface area contributed by atoms with E-state index in [0.717, 1.165) is 24.6 Å². The number of halogens is 1. The molecule has 0 bridgehead atoms. The summed E-state index contributed by atoms with van der Waals surface area (Å²) in [4.78, 5) is 11.0. The molecule has 0 amide bonds. The molecule has 0 unspecified atom stereocenters. The molecular weight excluding hydrogens is 369 g/mol. The Morgan fingerprint density at radius 2 is 1.90 bits per heavy atom. The number of nitrogens with zero attached hydrogens (tertiary/aromatic N) is 3. The van der Waals surface area contributed by atoms with E-state index in [-0.39, 0.29) is 5.82 Å². The zero-order valence-electron chi connectivity index (χ0n) is 17.9. The highest BCUT2D eigenvalue weighted by molar-refractivity contribution is 5.79. The molecule has 6 nitrogen and oxygen atoms in total. The maximum absolute atomic E-state index is 13.2. The number of rotatable bonds is 9. The van der Waals surface area contributed by atoms with Crippen LogP contribution in [0.5, 0.6) is 11.6 Å². The number of guanidine groups is 1. The lowest BCUT2D eigenvalue weighted by molar-refractivity contribution is 0.178. The van der Waals surface area contributed by atoms with Crippen LogP contribution in [0.4, 0.5) is 4.39 Å². The summed E-state index contributed by atoms with van der Waals surface area (Å²) < 4.78 is 18.8. The number of aromatic nitrogens is 1. The molecule has 2 rings (SSSR count). The number of hydrogen-bond donors (Lipinski definition) is 2. The molecule has 0 aliphatic rings. The molecule has 1 heterocycles. The average Bonchev–Trinajstić information content (AvgIpc) is 2.68. The molecule has 0 saturated carbocycles. The predicted octanol–water partition coefficient (Wildman–Crippen LogP) is 3.80. The van der Waals surface area contributed by atoms with Gasteiger partial charge in [-0.1, -0.05) is 12.1 Å². The van der Waals surface area contributed by atoms with Crippen molar-refractivity contribution in [3.05, 3.63) is 54.0 Å². The lowest BCUT2D eigenvalue weighted by atomic mass is 10.2. The molecule has 0 radical (unpaired) electrons. The molecule has 7 heteroatoms. The molecule has 0 aliphatic heterocycles. The molecule has 0 aliphatic carbocycles. The SMILES string of the molecule is CN=C(NCCN(C(C)C)C(C)C)NCc1ccc(Oc2cccc(F)c2)nc1. The number of nitrogens with one attached hydrogen (secondary N) is 2. The van der Waals surface area contributed by atoms with Crippen LogP contribution in [0.1, 0.15) is 33.3 Å². The first-order chi connectivity index (χ1) is 13.9. The zero-order chi connectivity index (χ0) is 21.2. The van der Waals surface area contributed by atoms with Gasteiger partial charge in [0.15, 0.2) is 5.96 Å². The van der Waals surface area contributed by atoms with Crippen molar-refractivity contribution in [1.82, 2.24) is 20.5 Å². The molecule has 158 valence electrons. The van der Waals surface area contributed by atoms with Gasteiger partial charge in [-0.3, -0.25) is 9.89 Å². The third-order valence-electron chi connectivity index (χ3n) is 4.49. The quantitative estimate of drug-likeness (QED) is 0.494. The monoisotopic (exact) mass is 401 g/mol. The van der Waals surface area contributed by atoms with Crippen LogP contribution >= 0.6 is 0 Å². The fourth-order valence-corrected chi connectivity index (χ4v) is 3.05. The number of hydrogen-bond acceptors (Lipinski definition) is 4. The molecule has 0 saturated heterocycles. The van der Waals surface area contributed by atoms with Crippen molar-refractivity contribution in [1.29, 1.82) is 0 Å². The Morgan fingerprint density at radius 3 is 2.48 bits per heavy atom. The van der Waals surface area contributed by atoms with Gasteiger partial charge in [0.25, 0.3) is 0 Å². The minimum atomic E-state index is -0.341. The van der Waals surface area contributed by atoms with E-state index in [4.69, 9.17) is 4.74 Å². The Balaban J connectivity index is 1.80. The van der Waals surface area contributed by atoms with Crippen LogP contribution in [-0.4, -0.2) is 48.1 Å². The van der Waals surface area contributed by atoms with Gasteiger partial charge in [-0.05, 0) is 45.4 Å². The first-order valence-corrected chi connectivity index (χ1v) is 9.97. The largest absolute Gasteiger partial charge is 0.439 e. The molecular formula is C22H32FN5O. The van der Waals surface area contributed by atoms with Crippen LogP contribution in [0.2, 0.25) is 0 Å². The predicted molar refractivity (Wildman–Crippen MR) is 116 cm³/mol. The van der Waals surface area contributed by atoms with Crippen LogP contribution in [0.25, 0.3) is 0 Å². The van der Waals surface area contributed by atoms with Crippen molar-refractivity contribution in [2.75, 3.05) is 20.1 Å². The number of ether oxygens (including phenoxy) is 1. The third kappa shape index (κ3) is 7.69. The topological polar surface area (TPSA) is 61.8 Å². The second kappa shape index (κ2) is 11.4. The summed E-state index contributed by atoms with van der Waals surface area (Å²) in [5.74, 6) is 1.25. The molecule has 0 fully saturated rings. The highest BCUT2D eigenvalue weighted by atomic mass is 19.1. The second-order valence-corrected chi connectivity index (χ2v) is 7.34. The summed E-state index contributed by atoms with van der Waals surface area (Å²) >= 11 is 0. The van der Waals surface area contributed by atoms with Crippen LogP contribution in [0.15, 0.2) is 47.6 Å². The van der Waals surface area contributed by atoms with E-state index >= 15 is 0 Å². The molecule has 1 aromatic carbocycles. The lowest BCUT2D eigenvalue weighted by Crippen LogP contribution is -2.45. The highest BCUT2D eigenvalue weighted by Crippen LogP contribution is 2.19. The van der Waals surface area contributed by atoms with Gasteiger partial charge in [-0.15, -0.1) is 0 Å². The van der Waals surface area contributed by atoms with E-state index in [1.165, 1.54) is 12.1 Å². The molecule has 29 heavy (non-hydrogen) atoms. The first kappa shape index (κ1) is 22.6. The Morgan fingerprint density at radius 1 is 1.14 bits per heavy atom. The molecule has 2 aromatic rings. The van der Waals surface area contributed by atoms with Crippen molar-refractivity contribution in [2.24, 2.45) is 4.99 Å². The van der Waals surface area contributed by atoms with Crippen LogP contribution in [0.3, 0.4) is 0 Å². The summed E-state index contributed by atoms with van der Waals surface area (Å²) in [6.07, 6.45) is 1.73. The van der Waals surface area contributed by atoms with Gasteiger partial charge in [-0.2, -0.15) is 0 Å². The van der Waals surface area contributed by atoms with Gasteiger partial charge >= 0.3 is 0 Å². The van der Waals surface area contributed by atoms with Gasteiger partial charge in [0, 0.05) is 57.1 Å². The fraction of sp³-hybridized carbons (Fsp3) is 0.455. The summed E-state index contributed by atoms with van der Waals surface area (Å²) in [6.45, 7) is 11.2. The summed E-state index contributed by atoms with van der Waals surface area (Å²) in [6, 6.07) is 10.7. The third-order valence-corrected chi connectivity index (χ3v) is 4.49. The van der Waals surface area contributed by atoms with E-state index in [2.05, 4.69) is 53.2 Å². The summed E-state index contributed by atoms with van der Waals surface area (Å²) in [5, 5.41) is 6.63. The maximum Gasteiger partial charge on any atom is 0.219 e. The number of aliphatic imine (C=N–C) groups is 1. The zero-order valence-corrected chi connectivity index (χ0v) is 17.9. The summed E-state index contributed by atoms with van der Waals surface area (Å²) in [5.41, 5.74) is 0.991. The average molecular weight is 402 g/mol. The Hall–Kier alpha value is -2.67. The van der Waals surface area contributed by atoms with Gasteiger partial charge < -0.3 is 15.4 Å². The van der Waals surface area contributed by atoms with Crippen LogP contribution < -0.4 is 15.4 Å².